The average molecular weight is 483 g/mol. The van der Waals surface area contributed by atoms with Crippen LogP contribution in [0.15, 0.2) is 77.5 Å². The number of fused-ring (bicyclic) bond motifs is 1. The molecule has 0 radical (unpaired) electrons. The first-order valence-electron chi connectivity index (χ1n) is 10.3. The van der Waals surface area contributed by atoms with Gasteiger partial charge < -0.3 is 15.6 Å². The highest BCUT2D eigenvalue weighted by atomic mass is 32.2. The van der Waals surface area contributed by atoms with E-state index in [0.29, 0.717) is 22.7 Å². The van der Waals surface area contributed by atoms with Crippen LogP contribution in [0.5, 0.6) is 0 Å². The molecule has 0 saturated carbocycles. The monoisotopic (exact) mass is 482 g/mol. The van der Waals surface area contributed by atoms with Gasteiger partial charge in [0.1, 0.15) is 0 Å². The van der Waals surface area contributed by atoms with E-state index >= 15 is 0 Å². The number of hydrogen-bond donors (Lipinski definition) is 2. The molecule has 3 N–H and O–H groups in total. The second-order valence-electron chi connectivity index (χ2n) is 7.63. The first kappa shape index (κ1) is 23.4. The number of imidazole rings is 1. The van der Waals surface area contributed by atoms with Gasteiger partial charge in [-0.1, -0.05) is 42.6 Å². The maximum absolute atomic E-state index is 13.6. The second kappa shape index (κ2) is 9.26. The number of anilines is 2. The van der Waals surface area contributed by atoms with Crippen molar-refractivity contribution in [3.05, 3.63) is 94.9 Å². The number of alkyl halides is 3. The molecular weight excluding hydrogens is 461 g/mol. The molecule has 0 bridgehead atoms. The van der Waals surface area contributed by atoms with Crippen LogP contribution in [0, 0.1) is 6.92 Å². The summed E-state index contributed by atoms with van der Waals surface area (Å²) in [7, 11) is 0. The van der Waals surface area contributed by atoms with Crippen molar-refractivity contribution in [3.8, 4) is 0 Å². The number of aryl methyl sites for hydroxylation is 1. The summed E-state index contributed by atoms with van der Waals surface area (Å²) in [5.74, 6) is -0.273. The number of nitrogens with zero attached hydrogens (tertiary/aromatic N) is 2. The van der Waals surface area contributed by atoms with Crippen molar-refractivity contribution in [2.75, 3.05) is 5.32 Å². The summed E-state index contributed by atoms with van der Waals surface area (Å²) in [6.07, 6.45) is -4.49. The molecule has 1 amide bonds. The van der Waals surface area contributed by atoms with Gasteiger partial charge in [0.15, 0.2) is 0 Å². The number of primary amides is 1. The van der Waals surface area contributed by atoms with Crippen LogP contribution in [0.3, 0.4) is 0 Å². The van der Waals surface area contributed by atoms with E-state index in [4.69, 9.17) is 5.73 Å². The fourth-order valence-corrected chi connectivity index (χ4v) is 4.30. The third-order valence-corrected chi connectivity index (χ3v) is 6.20. The number of hydrogen-bond acceptors (Lipinski definition) is 4. The highest BCUT2D eigenvalue weighted by molar-refractivity contribution is 8.02. The Morgan fingerprint density at radius 1 is 1.18 bits per heavy atom. The molecule has 1 aromatic heterocycles. The number of carbonyl (C=O) groups excluding carboxylic acids is 1. The smallest absolute Gasteiger partial charge is 0.366 e. The second-order valence-corrected chi connectivity index (χ2v) is 8.64. The largest absolute Gasteiger partial charge is 0.416 e. The molecular formula is C25H21F3N4OS. The summed E-state index contributed by atoms with van der Waals surface area (Å²) >= 11 is 1.47. The van der Waals surface area contributed by atoms with E-state index in [1.54, 1.807) is 22.1 Å². The Bertz CT molecular complexity index is 1390. The van der Waals surface area contributed by atoms with Crippen LogP contribution >= 0.6 is 11.8 Å². The molecule has 4 aromatic rings. The molecule has 34 heavy (non-hydrogen) atoms. The zero-order valence-electron chi connectivity index (χ0n) is 18.2. The van der Waals surface area contributed by atoms with E-state index in [0.717, 1.165) is 16.5 Å². The number of amides is 1. The van der Waals surface area contributed by atoms with E-state index in [-0.39, 0.29) is 17.7 Å². The highest BCUT2D eigenvalue weighted by Crippen LogP contribution is 2.34. The Hall–Kier alpha value is -3.72. The molecule has 3 aromatic carbocycles. The van der Waals surface area contributed by atoms with Crippen molar-refractivity contribution >= 4 is 40.3 Å². The number of rotatable bonds is 7. The van der Waals surface area contributed by atoms with E-state index in [1.807, 2.05) is 25.1 Å². The summed E-state index contributed by atoms with van der Waals surface area (Å²) in [6.45, 7) is 5.65. The van der Waals surface area contributed by atoms with Gasteiger partial charge in [-0.25, -0.2) is 4.98 Å². The lowest BCUT2D eigenvalue weighted by molar-refractivity contribution is -0.138. The van der Waals surface area contributed by atoms with Crippen LogP contribution in [0.4, 0.5) is 24.8 Å². The molecule has 1 heterocycles. The zero-order chi connectivity index (χ0) is 24.5. The van der Waals surface area contributed by atoms with E-state index in [9.17, 15) is 18.0 Å². The minimum atomic E-state index is -4.49. The molecule has 0 saturated heterocycles. The molecule has 5 nitrogen and oxygen atoms in total. The molecule has 0 spiro atoms. The Morgan fingerprint density at radius 3 is 2.65 bits per heavy atom. The lowest BCUT2D eigenvalue weighted by Gasteiger charge is -2.16. The van der Waals surface area contributed by atoms with E-state index < -0.39 is 17.6 Å². The lowest BCUT2D eigenvalue weighted by Crippen LogP contribution is -2.13. The van der Waals surface area contributed by atoms with E-state index in [1.165, 1.54) is 36.0 Å². The first-order valence-corrected chi connectivity index (χ1v) is 11.2. The number of benzene rings is 3. The standard InChI is InChI=1S/C25H21F3N4OS/c1-3-34-22-13-18(10-8-15(22)2)30-24-31-20-12-16(23(29)33)9-11-21(20)32(24)14-17-6-4-5-7-19(17)25(26,27)28/h3-13H,1,14H2,2H3,(H2,29,33)(H,30,31). The minimum Gasteiger partial charge on any atom is -0.366 e. The van der Waals surface area contributed by atoms with Crippen LogP contribution in [0.1, 0.15) is 27.0 Å². The van der Waals surface area contributed by atoms with Crippen LogP contribution in [-0.2, 0) is 12.7 Å². The van der Waals surface area contributed by atoms with Gasteiger partial charge in [-0.05, 0) is 59.9 Å². The van der Waals surface area contributed by atoms with Crippen molar-refractivity contribution < 1.29 is 18.0 Å². The van der Waals surface area contributed by atoms with Crippen LogP contribution in [-0.4, -0.2) is 15.5 Å². The van der Waals surface area contributed by atoms with Gasteiger partial charge in [0.25, 0.3) is 0 Å². The fourth-order valence-electron chi connectivity index (χ4n) is 3.67. The molecule has 0 unspecified atom stereocenters. The molecule has 0 aliphatic heterocycles. The predicted molar refractivity (Wildman–Crippen MR) is 129 cm³/mol. The van der Waals surface area contributed by atoms with Gasteiger partial charge in [-0.15, -0.1) is 0 Å². The van der Waals surface area contributed by atoms with Crippen LogP contribution in [0.2, 0.25) is 0 Å². The molecule has 174 valence electrons. The molecule has 4 rings (SSSR count). The number of carbonyl (C=O) groups is 1. The normalized spacial score (nSPS) is 11.5. The third kappa shape index (κ3) is 4.79. The third-order valence-electron chi connectivity index (χ3n) is 5.34. The number of aromatic nitrogens is 2. The Morgan fingerprint density at radius 2 is 1.94 bits per heavy atom. The highest BCUT2D eigenvalue weighted by Gasteiger charge is 2.33. The maximum atomic E-state index is 13.6. The molecule has 0 atom stereocenters. The SMILES string of the molecule is C=CSc1cc(Nc2nc3cc(C(N)=O)ccc3n2Cc2ccccc2C(F)(F)F)ccc1C. The number of halogens is 3. The topological polar surface area (TPSA) is 72.9 Å². The van der Waals surface area contributed by atoms with Gasteiger partial charge in [0.2, 0.25) is 11.9 Å². The molecule has 0 aliphatic carbocycles. The van der Waals surface area contributed by atoms with Crippen LogP contribution in [0.25, 0.3) is 11.0 Å². The fraction of sp³-hybridized carbons (Fsp3) is 0.120. The van der Waals surface area contributed by atoms with Gasteiger partial charge in [-0.2, -0.15) is 13.2 Å². The summed E-state index contributed by atoms with van der Waals surface area (Å²) in [5.41, 5.74) is 7.84. The summed E-state index contributed by atoms with van der Waals surface area (Å²) in [4.78, 5) is 17.2. The minimum absolute atomic E-state index is 0.0788. The van der Waals surface area contributed by atoms with Gasteiger partial charge in [-0.3, -0.25) is 4.79 Å². The van der Waals surface area contributed by atoms with Gasteiger partial charge in [0, 0.05) is 16.1 Å². The van der Waals surface area contributed by atoms with E-state index in [2.05, 4.69) is 16.9 Å². The predicted octanol–water partition coefficient (Wildman–Crippen LogP) is 6.49. The van der Waals surface area contributed by atoms with Gasteiger partial charge >= 0.3 is 6.18 Å². The zero-order valence-corrected chi connectivity index (χ0v) is 19.0. The van der Waals surface area contributed by atoms with Gasteiger partial charge in [0.05, 0.1) is 23.1 Å². The Kier molecular flexibility index (Phi) is 6.39. The van der Waals surface area contributed by atoms with Crippen molar-refractivity contribution in [2.24, 2.45) is 5.73 Å². The summed E-state index contributed by atoms with van der Waals surface area (Å²) in [6, 6.07) is 15.9. The molecule has 0 aliphatic rings. The van der Waals surface area contributed by atoms with Crippen molar-refractivity contribution in [2.45, 2.75) is 24.5 Å². The molecule has 0 fully saturated rings. The van der Waals surface area contributed by atoms with Crippen LogP contribution < -0.4 is 11.1 Å². The maximum Gasteiger partial charge on any atom is 0.416 e. The Balaban J connectivity index is 1.83. The van der Waals surface area contributed by atoms with Crippen molar-refractivity contribution in [1.29, 1.82) is 0 Å². The number of nitrogens with two attached hydrogens (primary N) is 1. The number of thioether (sulfide) groups is 1. The average Bonchev–Trinajstić information content (AvgIpc) is 3.12. The number of nitrogens with one attached hydrogen (secondary N) is 1. The first-order chi connectivity index (χ1) is 16.2. The quantitative estimate of drug-likeness (QED) is 0.295. The van der Waals surface area contributed by atoms with Crippen molar-refractivity contribution in [1.82, 2.24) is 9.55 Å². The lowest BCUT2D eigenvalue weighted by atomic mass is 10.1. The summed E-state index contributed by atoms with van der Waals surface area (Å²) < 4.78 is 42.6. The summed E-state index contributed by atoms with van der Waals surface area (Å²) in [5, 5.41) is 4.94. The molecule has 9 heteroatoms. The van der Waals surface area contributed by atoms with Crippen molar-refractivity contribution in [3.63, 3.8) is 0 Å². The Labute approximate surface area is 198 Å².